The third kappa shape index (κ3) is 6.20. The lowest BCUT2D eigenvalue weighted by molar-refractivity contribution is -0.118. The van der Waals surface area contributed by atoms with Crippen LogP contribution in [-0.4, -0.2) is 86.5 Å². The van der Waals surface area contributed by atoms with E-state index in [1.807, 2.05) is 6.92 Å². The topological polar surface area (TPSA) is 103 Å². The Morgan fingerprint density at radius 2 is 1.84 bits per heavy atom. The maximum Gasteiger partial charge on any atom is 0.221 e. The molecule has 0 radical (unpaired) electrons. The van der Waals surface area contributed by atoms with E-state index in [4.69, 9.17) is 19.6 Å². The maximum absolute atomic E-state index is 15.0. The highest BCUT2D eigenvalue weighted by Crippen LogP contribution is 2.35. The van der Waals surface area contributed by atoms with E-state index in [0.29, 0.717) is 46.8 Å². The predicted octanol–water partition coefficient (Wildman–Crippen LogP) is 3.66. The Labute approximate surface area is 216 Å². The van der Waals surface area contributed by atoms with Gasteiger partial charge in [0.1, 0.15) is 12.4 Å². The van der Waals surface area contributed by atoms with Crippen LogP contribution in [0, 0.1) is 18.2 Å². The fourth-order valence-corrected chi connectivity index (χ4v) is 4.53. The van der Waals surface area contributed by atoms with Crippen LogP contribution in [0.3, 0.4) is 0 Å². The number of hydrogen-bond donors (Lipinski definition) is 3. The van der Waals surface area contributed by atoms with E-state index in [2.05, 4.69) is 20.1 Å². The second-order valence-electron chi connectivity index (χ2n) is 9.19. The molecule has 3 aromatic rings. The number of Topliss-reactive ketones (excluding diaryl/α,β-unsaturated/α-hetero) is 1. The number of carbonyl (C=O) groups is 1. The minimum atomic E-state index is -0.522. The van der Waals surface area contributed by atoms with Crippen molar-refractivity contribution in [2.75, 3.05) is 65.3 Å². The Kier molecular flexibility index (Phi) is 8.30. The van der Waals surface area contributed by atoms with E-state index in [-0.39, 0.29) is 17.4 Å². The lowest BCUT2D eigenvalue weighted by atomic mass is 10.1. The van der Waals surface area contributed by atoms with Crippen LogP contribution in [0.2, 0.25) is 0 Å². The Hall–Kier alpha value is -3.63. The number of rotatable bonds is 10. The number of hydrogen-bond acceptors (Lipinski definition) is 8. The molecule has 4 rings (SSSR count). The fourth-order valence-electron chi connectivity index (χ4n) is 4.53. The van der Waals surface area contributed by atoms with Crippen molar-refractivity contribution in [1.29, 1.82) is 5.41 Å². The zero-order valence-corrected chi connectivity index (χ0v) is 21.7. The quantitative estimate of drug-likeness (QED) is 0.282. The zero-order chi connectivity index (χ0) is 26.5. The number of ether oxygens (including phenoxy) is 3. The molecule has 0 atom stereocenters. The number of piperazine rings is 1. The summed E-state index contributed by atoms with van der Waals surface area (Å²) in [5.74, 6) is 0.406. The molecule has 0 amide bonds. The van der Waals surface area contributed by atoms with Gasteiger partial charge in [0.05, 0.1) is 24.9 Å². The van der Waals surface area contributed by atoms with E-state index >= 15 is 0 Å². The van der Waals surface area contributed by atoms with E-state index in [1.54, 1.807) is 38.2 Å². The van der Waals surface area contributed by atoms with Crippen LogP contribution >= 0.6 is 0 Å². The third-order valence-corrected chi connectivity index (χ3v) is 6.44. The summed E-state index contributed by atoms with van der Waals surface area (Å²) in [4.78, 5) is 18.9. The molecule has 0 bridgehead atoms. The first-order chi connectivity index (χ1) is 17.8. The molecule has 0 saturated carbocycles. The molecule has 1 aromatic heterocycles. The van der Waals surface area contributed by atoms with Gasteiger partial charge in [-0.15, -0.1) is 0 Å². The second kappa shape index (κ2) is 11.6. The van der Waals surface area contributed by atoms with Crippen LogP contribution in [0.4, 0.5) is 10.1 Å². The summed E-state index contributed by atoms with van der Waals surface area (Å²) in [6.07, 6.45) is 0. The smallest absolute Gasteiger partial charge is 0.221 e. The highest BCUT2D eigenvalue weighted by atomic mass is 19.1. The predicted molar refractivity (Wildman–Crippen MR) is 142 cm³/mol. The largest absolute Gasteiger partial charge is 0.493 e. The highest BCUT2D eigenvalue weighted by molar-refractivity contribution is 6.00. The van der Waals surface area contributed by atoms with Crippen LogP contribution in [0.25, 0.3) is 10.9 Å². The first-order valence-corrected chi connectivity index (χ1v) is 12.3. The molecule has 3 N–H and O–H groups in total. The van der Waals surface area contributed by atoms with Gasteiger partial charge in [-0.2, -0.15) is 0 Å². The molecule has 2 aromatic carbocycles. The molecule has 1 fully saturated rings. The number of benzene rings is 2. The number of ketones is 1. The summed E-state index contributed by atoms with van der Waals surface area (Å²) in [5, 5.41) is 12.0. The van der Waals surface area contributed by atoms with Gasteiger partial charge < -0.3 is 24.5 Å². The van der Waals surface area contributed by atoms with Crippen LogP contribution in [0.5, 0.6) is 17.2 Å². The number of anilines is 1. The van der Waals surface area contributed by atoms with E-state index in [0.717, 1.165) is 38.4 Å². The van der Waals surface area contributed by atoms with Gasteiger partial charge in [0, 0.05) is 62.4 Å². The molecule has 0 spiro atoms. The van der Waals surface area contributed by atoms with Crippen molar-refractivity contribution in [2.24, 2.45) is 0 Å². The number of fused-ring (bicyclic) bond motifs is 1. The summed E-state index contributed by atoms with van der Waals surface area (Å²) in [7, 11) is 3.27. The van der Waals surface area contributed by atoms with Gasteiger partial charge in [-0.25, -0.2) is 4.39 Å². The summed E-state index contributed by atoms with van der Waals surface area (Å²) in [6, 6.07) is 8.36. The standard InChI is InChI=1S/C27H34FN5O4/c1-17-13-19-21(31-17)5-6-23(26(19)28)37-27(29)20-14-24(35-4)25(15-22(20)30-3)36-12-11-32-7-9-33(10-8-32)16-18(2)34/h5-6,13-15,29-31H,7-12,16H2,1-4H3. The van der Waals surface area contributed by atoms with Crippen molar-refractivity contribution < 1.29 is 23.4 Å². The lowest BCUT2D eigenvalue weighted by Crippen LogP contribution is -2.48. The molecular formula is C27H34FN5O4. The van der Waals surface area contributed by atoms with Gasteiger partial charge in [-0.1, -0.05) is 0 Å². The van der Waals surface area contributed by atoms with Crippen molar-refractivity contribution in [3.05, 3.63) is 47.4 Å². The number of aromatic amines is 1. The molecule has 1 saturated heterocycles. The number of nitrogens with one attached hydrogen (secondary N) is 3. The highest BCUT2D eigenvalue weighted by Gasteiger charge is 2.20. The molecular weight excluding hydrogens is 477 g/mol. The number of nitrogens with zero attached hydrogens (tertiary/aromatic N) is 2. The average Bonchev–Trinajstić information content (AvgIpc) is 3.27. The number of halogens is 1. The molecule has 2 heterocycles. The molecule has 1 aliphatic rings. The minimum absolute atomic E-state index is 0.0266. The fraction of sp³-hybridized carbons (Fsp3) is 0.407. The van der Waals surface area contributed by atoms with Crippen LogP contribution in [0.15, 0.2) is 30.3 Å². The third-order valence-electron chi connectivity index (χ3n) is 6.44. The van der Waals surface area contributed by atoms with Crippen molar-refractivity contribution in [3.63, 3.8) is 0 Å². The second-order valence-corrected chi connectivity index (χ2v) is 9.19. The molecule has 9 nitrogen and oxygen atoms in total. The number of H-pyrrole nitrogens is 1. The van der Waals surface area contributed by atoms with Gasteiger partial charge >= 0.3 is 0 Å². The molecule has 10 heteroatoms. The summed E-state index contributed by atoms with van der Waals surface area (Å²) >= 11 is 0. The Bertz CT molecular complexity index is 1280. The van der Waals surface area contributed by atoms with Gasteiger partial charge in [0.2, 0.25) is 5.90 Å². The van der Waals surface area contributed by atoms with Crippen LogP contribution < -0.4 is 19.5 Å². The van der Waals surface area contributed by atoms with Crippen molar-refractivity contribution >= 4 is 28.3 Å². The number of aryl methyl sites for hydroxylation is 1. The lowest BCUT2D eigenvalue weighted by Gasteiger charge is -2.34. The minimum Gasteiger partial charge on any atom is -0.493 e. The first kappa shape index (κ1) is 26.4. The first-order valence-electron chi connectivity index (χ1n) is 12.3. The monoisotopic (exact) mass is 511 g/mol. The summed E-state index contributed by atoms with van der Waals surface area (Å²) in [6.45, 7) is 8.67. The Morgan fingerprint density at radius 1 is 1.11 bits per heavy atom. The van der Waals surface area contributed by atoms with Crippen LogP contribution in [-0.2, 0) is 4.79 Å². The number of methoxy groups -OCH3 is 1. The van der Waals surface area contributed by atoms with E-state index < -0.39 is 5.82 Å². The zero-order valence-electron chi connectivity index (χ0n) is 21.7. The van der Waals surface area contributed by atoms with E-state index in [1.165, 1.54) is 13.2 Å². The summed E-state index contributed by atoms with van der Waals surface area (Å²) in [5.41, 5.74) is 2.52. The van der Waals surface area contributed by atoms with Gasteiger partial charge in [-0.3, -0.25) is 20.0 Å². The van der Waals surface area contributed by atoms with Crippen molar-refractivity contribution in [3.8, 4) is 17.2 Å². The maximum atomic E-state index is 15.0. The van der Waals surface area contributed by atoms with Crippen molar-refractivity contribution in [2.45, 2.75) is 13.8 Å². The van der Waals surface area contributed by atoms with E-state index in [9.17, 15) is 9.18 Å². The van der Waals surface area contributed by atoms with Crippen LogP contribution in [0.1, 0.15) is 18.2 Å². The molecule has 0 aliphatic carbocycles. The molecule has 1 aliphatic heterocycles. The molecule has 198 valence electrons. The van der Waals surface area contributed by atoms with Gasteiger partial charge in [-0.05, 0) is 38.1 Å². The summed E-state index contributed by atoms with van der Waals surface area (Å²) < 4.78 is 32.2. The molecule has 37 heavy (non-hydrogen) atoms. The van der Waals surface area contributed by atoms with Gasteiger partial charge in [0.25, 0.3) is 0 Å². The Balaban J connectivity index is 1.42. The normalized spacial score (nSPS) is 14.5. The number of carbonyl (C=O) groups excluding carboxylic acids is 1. The van der Waals surface area contributed by atoms with Crippen molar-refractivity contribution in [1.82, 2.24) is 14.8 Å². The molecule has 0 unspecified atom stereocenters. The van der Waals surface area contributed by atoms with Gasteiger partial charge in [0.15, 0.2) is 23.1 Å². The SMILES string of the molecule is CNc1cc(OCCN2CCN(CC(C)=O)CC2)c(OC)cc1C(=N)Oc1ccc2[nH]c(C)cc2c1F. The number of aromatic nitrogens is 1. The Morgan fingerprint density at radius 3 is 2.51 bits per heavy atom. The average molecular weight is 512 g/mol.